The number of nitrogens with zero attached hydrogens (tertiary/aromatic N) is 3. The Labute approximate surface area is 136 Å². The van der Waals surface area contributed by atoms with Crippen molar-refractivity contribution in [3.8, 4) is 0 Å². The van der Waals surface area contributed by atoms with Gasteiger partial charge in [-0.25, -0.2) is 0 Å². The topological polar surface area (TPSA) is 33.1 Å². The summed E-state index contributed by atoms with van der Waals surface area (Å²) in [6.45, 7) is 10.0. The van der Waals surface area contributed by atoms with Crippen molar-refractivity contribution in [1.29, 1.82) is 0 Å². The van der Waals surface area contributed by atoms with Crippen LogP contribution in [0.2, 0.25) is 0 Å². The number of aryl methyl sites for hydroxylation is 2. The summed E-state index contributed by atoms with van der Waals surface area (Å²) >= 11 is 3.72. The van der Waals surface area contributed by atoms with Crippen molar-refractivity contribution < 1.29 is 0 Å². The number of aromatic nitrogens is 2. The molecular formula is C16H27BrN4. The minimum Gasteiger partial charge on any atom is -0.311 e. The lowest BCUT2D eigenvalue weighted by atomic mass is 9.96. The van der Waals surface area contributed by atoms with Crippen LogP contribution in [0.4, 0.5) is 0 Å². The van der Waals surface area contributed by atoms with E-state index in [9.17, 15) is 0 Å². The zero-order valence-corrected chi connectivity index (χ0v) is 15.2. The largest absolute Gasteiger partial charge is 0.311 e. The van der Waals surface area contributed by atoms with E-state index in [0.717, 1.165) is 24.7 Å². The van der Waals surface area contributed by atoms with Gasteiger partial charge in [-0.15, -0.1) is 0 Å². The first-order valence-electron chi connectivity index (χ1n) is 8.12. The van der Waals surface area contributed by atoms with Crippen molar-refractivity contribution in [3.05, 3.63) is 15.9 Å². The normalized spacial score (nSPS) is 27.5. The molecule has 1 saturated heterocycles. The standard InChI is InChI=1S/C16H27BrN4/c1-10(2)14-7-18-13(12-5-6-12)8-21(14)9-15-16(17)11(3)19-20(15)4/h10,12-14,18H,5-9H2,1-4H3. The van der Waals surface area contributed by atoms with Gasteiger partial charge in [0.15, 0.2) is 0 Å². The zero-order chi connectivity index (χ0) is 15.1. The van der Waals surface area contributed by atoms with Crippen LogP contribution in [0.1, 0.15) is 38.1 Å². The molecule has 1 saturated carbocycles. The summed E-state index contributed by atoms with van der Waals surface area (Å²) in [4.78, 5) is 2.67. The van der Waals surface area contributed by atoms with E-state index >= 15 is 0 Å². The van der Waals surface area contributed by atoms with Crippen molar-refractivity contribution in [2.24, 2.45) is 18.9 Å². The molecule has 0 spiro atoms. The van der Waals surface area contributed by atoms with Gasteiger partial charge in [-0.1, -0.05) is 13.8 Å². The molecule has 1 aliphatic carbocycles. The maximum atomic E-state index is 4.54. The van der Waals surface area contributed by atoms with E-state index in [1.807, 2.05) is 4.68 Å². The first-order chi connectivity index (χ1) is 9.97. The van der Waals surface area contributed by atoms with Crippen LogP contribution in [-0.4, -0.2) is 39.9 Å². The Hall–Kier alpha value is -0.390. The molecule has 1 aliphatic heterocycles. The molecule has 1 aromatic rings. The Kier molecular flexibility index (Phi) is 4.44. The maximum Gasteiger partial charge on any atom is 0.0739 e. The van der Waals surface area contributed by atoms with Gasteiger partial charge in [0.2, 0.25) is 0 Å². The molecule has 2 unspecified atom stereocenters. The third-order valence-corrected chi connectivity index (χ3v) is 6.10. The van der Waals surface area contributed by atoms with Gasteiger partial charge in [-0.05, 0) is 47.5 Å². The van der Waals surface area contributed by atoms with Crippen LogP contribution < -0.4 is 5.32 Å². The van der Waals surface area contributed by atoms with Crippen LogP contribution in [-0.2, 0) is 13.6 Å². The molecule has 0 aromatic carbocycles. The SMILES string of the molecule is Cc1nn(C)c(CN2CC(C3CC3)NCC2C(C)C)c1Br. The molecule has 21 heavy (non-hydrogen) atoms. The summed E-state index contributed by atoms with van der Waals surface area (Å²) < 4.78 is 3.21. The highest BCUT2D eigenvalue weighted by Crippen LogP contribution is 2.35. The average molecular weight is 355 g/mol. The lowest BCUT2D eigenvalue weighted by Crippen LogP contribution is -2.58. The molecular weight excluding hydrogens is 328 g/mol. The number of nitrogens with one attached hydrogen (secondary N) is 1. The second-order valence-electron chi connectivity index (χ2n) is 7.06. The van der Waals surface area contributed by atoms with Crippen LogP contribution in [0.3, 0.4) is 0 Å². The Morgan fingerprint density at radius 2 is 2.10 bits per heavy atom. The fourth-order valence-electron chi connectivity index (χ4n) is 3.55. The lowest BCUT2D eigenvalue weighted by molar-refractivity contribution is 0.0827. The van der Waals surface area contributed by atoms with Gasteiger partial charge in [0.25, 0.3) is 0 Å². The molecule has 2 aliphatic rings. The molecule has 4 nitrogen and oxygen atoms in total. The van der Waals surface area contributed by atoms with E-state index in [1.165, 1.54) is 29.6 Å². The molecule has 2 heterocycles. The monoisotopic (exact) mass is 354 g/mol. The average Bonchev–Trinajstić information content (AvgIpc) is 3.24. The van der Waals surface area contributed by atoms with E-state index in [0.29, 0.717) is 18.0 Å². The predicted molar refractivity (Wildman–Crippen MR) is 89.2 cm³/mol. The molecule has 2 fully saturated rings. The first-order valence-corrected chi connectivity index (χ1v) is 8.92. The minimum absolute atomic E-state index is 0.613. The van der Waals surface area contributed by atoms with Crippen LogP contribution >= 0.6 is 15.9 Å². The third kappa shape index (κ3) is 3.20. The molecule has 2 atom stereocenters. The second kappa shape index (κ2) is 6.01. The summed E-state index contributed by atoms with van der Waals surface area (Å²) in [6.07, 6.45) is 2.82. The van der Waals surface area contributed by atoms with E-state index < -0.39 is 0 Å². The molecule has 118 valence electrons. The van der Waals surface area contributed by atoms with Gasteiger partial charge in [0, 0.05) is 38.8 Å². The molecule has 0 amide bonds. The van der Waals surface area contributed by atoms with Crippen molar-refractivity contribution in [1.82, 2.24) is 20.0 Å². The third-order valence-electron chi connectivity index (χ3n) is 5.06. The fourth-order valence-corrected chi connectivity index (χ4v) is 4.01. The Balaban J connectivity index is 1.78. The highest BCUT2D eigenvalue weighted by Gasteiger charge is 2.38. The van der Waals surface area contributed by atoms with Crippen molar-refractivity contribution in [2.75, 3.05) is 13.1 Å². The van der Waals surface area contributed by atoms with Gasteiger partial charge in [-0.2, -0.15) is 5.10 Å². The molecule has 1 aromatic heterocycles. The quantitative estimate of drug-likeness (QED) is 0.902. The Morgan fingerprint density at radius 1 is 1.38 bits per heavy atom. The summed E-state index contributed by atoms with van der Waals surface area (Å²) in [6, 6.07) is 1.30. The molecule has 0 radical (unpaired) electrons. The van der Waals surface area contributed by atoms with Gasteiger partial charge in [0.1, 0.15) is 0 Å². The molecule has 5 heteroatoms. The highest BCUT2D eigenvalue weighted by atomic mass is 79.9. The number of hydrogen-bond donors (Lipinski definition) is 1. The summed E-state index contributed by atoms with van der Waals surface area (Å²) in [5.41, 5.74) is 2.39. The van der Waals surface area contributed by atoms with Crippen LogP contribution in [0.15, 0.2) is 4.47 Å². The van der Waals surface area contributed by atoms with Gasteiger partial charge in [-0.3, -0.25) is 9.58 Å². The Bertz CT molecular complexity index is 507. The lowest BCUT2D eigenvalue weighted by Gasteiger charge is -2.42. The second-order valence-corrected chi connectivity index (χ2v) is 7.86. The van der Waals surface area contributed by atoms with Gasteiger partial charge in [0.05, 0.1) is 15.9 Å². The van der Waals surface area contributed by atoms with E-state index in [-0.39, 0.29) is 0 Å². The molecule has 0 bridgehead atoms. The van der Waals surface area contributed by atoms with Crippen molar-refractivity contribution in [3.63, 3.8) is 0 Å². The minimum atomic E-state index is 0.613. The predicted octanol–water partition coefficient (Wildman–Crippen LogP) is 2.70. The van der Waals surface area contributed by atoms with Crippen LogP contribution in [0.5, 0.6) is 0 Å². The van der Waals surface area contributed by atoms with E-state index in [4.69, 9.17) is 0 Å². The van der Waals surface area contributed by atoms with Crippen molar-refractivity contribution in [2.45, 2.75) is 52.2 Å². The molecule has 1 N–H and O–H groups in total. The zero-order valence-electron chi connectivity index (χ0n) is 13.6. The molecule has 3 rings (SSSR count). The van der Waals surface area contributed by atoms with Crippen LogP contribution in [0.25, 0.3) is 0 Å². The Morgan fingerprint density at radius 3 is 2.62 bits per heavy atom. The number of rotatable bonds is 4. The number of halogens is 1. The number of piperazine rings is 1. The summed E-state index contributed by atoms with van der Waals surface area (Å²) in [5.74, 6) is 1.59. The van der Waals surface area contributed by atoms with E-state index in [2.05, 4.69) is 59.1 Å². The first kappa shape index (κ1) is 15.5. The fraction of sp³-hybridized carbons (Fsp3) is 0.812. The van der Waals surface area contributed by atoms with Crippen molar-refractivity contribution >= 4 is 15.9 Å². The van der Waals surface area contributed by atoms with Gasteiger partial charge < -0.3 is 5.32 Å². The van der Waals surface area contributed by atoms with E-state index in [1.54, 1.807) is 0 Å². The maximum absolute atomic E-state index is 4.54. The highest BCUT2D eigenvalue weighted by molar-refractivity contribution is 9.10. The van der Waals surface area contributed by atoms with Gasteiger partial charge >= 0.3 is 0 Å². The summed E-state index contributed by atoms with van der Waals surface area (Å²) in [7, 11) is 2.05. The smallest absolute Gasteiger partial charge is 0.0739 e. The number of hydrogen-bond acceptors (Lipinski definition) is 3. The summed E-state index contributed by atoms with van der Waals surface area (Å²) in [5, 5.41) is 8.33. The van der Waals surface area contributed by atoms with Crippen LogP contribution in [0, 0.1) is 18.8 Å².